The van der Waals surface area contributed by atoms with E-state index in [9.17, 15) is 0 Å². The van der Waals surface area contributed by atoms with Crippen LogP contribution in [0, 0.1) is 6.92 Å². The molecule has 0 unspecified atom stereocenters. The first-order valence-electron chi connectivity index (χ1n) is 6.95. The van der Waals surface area contributed by atoms with Gasteiger partial charge in [-0.3, -0.25) is 4.98 Å². The van der Waals surface area contributed by atoms with E-state index in [-0.39, 0.29) is 0 Å². The minimum absolute atomic E-state index is 0.898. The van der Waals surface area contributed by atoms with Crippen molar-refractivity contribution in [3.63, 3.8) is 0 Å². The monoisotopic (exact) mass is 234 g/mol. The minimum Gasteiger partial charge on any atom is -0.311 e. The molecular weight excluding hydrogens is 208 g/mol. The fourth-order valence-corrected chi connectivity index (χ4v) is 1.85. The summed E-state index contributed by atoms with van der Waals surface area (Å²) in [6.07, 6.45) is 10.1. The topological polar surface area (TPSA) is 24.9 Å². The van der Waals surface area contributed by atoms with E-state index in [2.05, 4.69) is 36.3 Å². The maximum absolute atomic E-state index is 4.37. The molecule has 1 aromatic heterocycles. The van der Waals surface area contributed by atoms with Crippen molar-refractivity contribution in [2.45, 2.75) is 58.9 Å². The van der Waals surface area contributed by atoms with E-state index in [1.807, 2.05) is 6.20 Å². The summed E-state index contributed by atoms with van der Waals surface area (Å²) in [5, 5.41) is 3.45. The average Bonchev–Trinajstić information content (AvgIpc) is 2.35. The number of nitrogens with zero attached hydrogens (tertiary/aromatic N) is 1. The SMILES string of the molecule is CCCCCCCCNCc1ccc(C)cn1. The molecule has 2 heteroatoms. The van der Waals surface area contributed by atoms with Crippen LogP contribution in [0.3, 0.4) is 0 Å². The van der Waals surface area contributed by atoms with E-state index < -0.39 is 0 Å². The number of rotatable bonds is 9. The van der Waals surface area contributed by atoms with Crippen LogP contribution in [0.1, 0.15) is 56.7 Å². The quantitative estimate of drug-likeness (QED) is 0.657. The number of hydrogen-bond donors (Lipinski definition) is 1. The summed E-state index contributed by atoms with van der Waals surface area (Å²) >= 11 is 0. The number of unbranched alkanes of at least 4 members (excludes halogenated alkanes) is 5. The smallest absolute Gasteiger partial charge is 0.0541 e. The van der Waals surface area contributed by atoms with Gasteiger partial charge in [0.2, 0.25) is 0 Å². The average molecular weight is 234 g/mol. The van der Waals surface area contributed by atoms with E-state index in [1.54, 1.807) is 0 Å². The highest BCUT2D eigenvalue weighted by Crippen LogP contribution is 2.04. The molecule has 0 saturated carbocycles. The maximum Gasteiger partial charge on any atom is 0.0541 e. The molecule has 0 aliphatic rings. The van der Waals surface area contributed by atoms with E-state index in [0.29, 0.717) is 0 Å². The van der Waals surface area contributed by atoms with Crippen LogP contribution in [0.25, 0.3) is 0 Å². The first-order valence-corrected chi connectivity index (χ1v) is 6.95. The fourth-order valence-electron chi connectivity index (χ4n) is 1.85. The van der Waals surface area contributed by atoms with Crippen LogP contribution >= 0.6 is 0 Å². The Morgan fingerprint density at radius 2 is 1.82 bits per heavy atom. The molecule has 0 aliphatic heterocycles. The highest BCUT2D eigenvalue weighted by Gasteiger charge is 1.94. The molecular formula is C15H26N2. The molecule has 0 spiro atoms. The molecule has 0 radical (unpaired) electrons. The van der Waals surface area contributed by atoms with Crippen LogP contribution in [0.5, 0.6) is 0 Å². The van der Waals surface area contributed by atoms with E-state index >= 15 is 0 Å². The van der Waals surface area contributed by atoms with Crippen LogP contribution in [0.15, 0.2) is 18.3 Å². The Labute approximate surface area is 106 Å². The van der Waals surface area contributed by atoms with Gasteiger partial charge in [0.15, 0.2) is 0 Å². The number of nitrogens with one attached hydrogen (secondary N) is 1. The van der Waals surface area contributed by atoms with Crippen LogP contribution in [0.2, 0.25) is 0 Å². The second-order valence-corrected chi connectivity index (χ2v) is 4.77. The van der Waals surface area contributed by atoms with Gasteiger partial charge in [0, 0.05) is 12.7 Å². The second-order valence-electron chi connectivity index (χ2n) is 4.77. The lowest BCUT2D eigenvalue weighted by Gasteiger charge is -2.04. The lowest BCUT2D eigenvalue weighted by molar-refractivity contribution is 0.569. The van der Waals surface area contributed by atoms with Crippen molar-refractivity contribution in [2.75, 3.05) is 6.54 Å². The van der Waals surface area contributed by atoms with Crippen LogP contribution in [-0.2, 0) is 6.54 Å². The Morgan fingerprint density at radius 3 is 2.53 bits per heavy atom. The Balaban J connectivity index is 1.95. The van der Waals surface area contributed by atoms with Gasteiger partial charge >= 0.3 is 0 Å². The highest BCUT2D eigenvalue weighted by molar-refractivity contribution is 5.11. The number of hydrogen-bond acceptors (Lipinski definition) is 2. The third-order valence-corrected chi connectivity index (χ3v) is 2.99. The number of aromatic nitrogens is 1. The normalized spacial score (nSPS) is 10.7. The molecule has 0 bridgehead atoms. The Hall–Kier alpha value is -0.890. The molecule has 96 valence electrons. The summed E-state index contributed by atoms with van der Waals surface area (Å²) in [6, 6.07) is 4.22. The Morgan fingerprint density at radius 1 is 1.06 bits per heavy atom. The number of pyridine rings is 1. The molecule has 0 aromatic carbocycles. The Bertz CT molecular complexity index is 279. The van der Waals surface area contributed by atoms with Gasteiger partial charge in [-0.15, -0.1) is 0 Å². The van der Waals surface area contributed by atoms with Crippen molar-refractivity contribution >= 4 is 0 Å². The standard InChI is InChI=1S/C15H26N2/c1-3-4-5-6-7-8-11-16-13-15-10-9-14(2)12-17-15/h9-10,12,16H,3-8,11,13H2,1-2H3. The lowest BCUT2D eigenvalue weighted by Crippen LogP contribution is -2.15. The zero-order valence-electron chi connectivity index (χ0n) is 11.3. The third kappa shape index (κ3) is 7.11. The molecule has 1 heterocycles. The minimum atomic E-state index is 0.898. The molecule has 1 aromatic rings. The zero-order chi connectivity index (χ0) is 12.3. The summed E-state index contributed by atoms with van der Waals surface area (Å²) < 4.78 is 0. The van der Waals surface area contributed by atoms with Gasteiger partial charge in [-0.1, -0.05) is 45.1 Å². The summed E-state index contributed by atoms with van der Waals surface area (Å²) in [4.78, 5) is 4.37. The molecule has 0 atom stereocenters. The van der Waals surface area contributed by atoms with Gasteiger partial charge < -0.3 is 5.32 Å². The zero-order valence-corrected chi connectivity index (χ0v) is 11.3. The molecule has 0 aliphatic carbocycles. The number of aryl methyl sites for hydroxylation is 1. The van der Waals surface area contributed by atoms with E-state index in [1.165, 1.54) is 44.1 Å². The molecule has 2 nitrogen and oxygen atoms in total. The summed E-state index contributed by atoms with van der Waals surface area (Å²) in [6.45, 7) is 6.34. The predicted octanol–water partition coefficient (Wildman–Crippen LogP) is 3.84. The summed E-state index contributed by atoms with van der Waals surface area (Å²) in [5.74, 6) is 0. The van der Waals surface area contributed by atoms with Gasteiger partial charge in [0.25, 0.3) is 0 Å². The largest absolute Gasteiger partial charge is 0.311 e. The van der Waals surface area contributed by atoms with Gasteiger partial charge in [0.1, 0.15) is 0 Å². The predicted molar refractivity (Wildman–Crippen MR) is 74.1 cm³/mol. The fraction of sp³-hybridized carbons (Fsp3) is 0.667. The molecule has 0 amide bonds. The molecule has 0 fully saturated rings. The third-order valence-electron chi connectivity index (χ3n) is 2.99. The second kappa shape index (κ2) is 9.17. The molecule has 0 saturated heterocycles. The Kier molecular flexibility index (Phi) is 7.65. The van der Waals surface area contributed by atoms with Crippen molar-refractivity contribution in [2.24, 2.45) is 0 Å². The first-order chi connectivity index (χ1) is 8.33. The summed E-state index contributed by atoms with van der Waals surface area (Å²) in [7, 11) is 0. The summed E-state index contributed by atoms with van der Waals surface area (Å²) in [5.41, 5.74) is 2.37. The first kappa shape index (κ1) is 14.2. The van der Waals surface area contributed by atoms with Crippen molar-refractivity contribution < 1.29 is 0 Å². The van der Waals surface area contributed by atoms with Crippen molar-refractivity contribution in [3.8, 4) is 0 Å². The molecule has 17 heavy (non-hydrogen) atoms. The van der Waals surface area contributed by atoms with Gasteiger partial charge in [0.05, 0.1) is 5.69 Å². The molecule has 1 N–H and O–H groups in total. The lowest BCUT2D eigenvalue weighted by atomic mass is 10.1. The highest BCUT2D eigenvalue weighted by atomic mass is 14.9. The molecule has 1 rings (SSSR count). The van der Waals surface area contributed by atoms with E-state index in [0.717, 1.165) is 18.8 Å². The van der Waals surface area contributed by atoms with Crippen LogP contribution in [0.4, 0.5) is 0 Å². The van der Waals surface area contributed by atoms with Crippen molar-refractivity contribution in [1.82, 2.24) is 10.3 Å². The van der Waals surface area contributed by atoms with Crippen LogP contribution in [-0.4, -0.2) is 11.5 Å². The van der Waals surface area contributed by atoms with Crippen molar-refractivity contribution in [3.05, 3.63) is 29.6 Å². The van der Waals surface area contributed by atoms with Gasteiger partial charge in [-0.05, 0) is 31.5 Å². The van der Waals surface area contributed by atoms with Gasteiger partial charge in [-0.2, -0.15) is 0 Å². The van der Waals surface area contributed by atoms with Crippen LogP contribution < -0.4 is 5.32 Å². The maximum atomic E-state index is 4.37. The van der Waals surface area contributed by atoms with Crippen molar-refractivity contribution in [1.29, 1.82) is 0 Å². The van der Waals surface area contributed by atoms with Gasteiger partial charge in [-0.25, -0.2) is 0 Å². The van der Waals surface area contributed by atoms with E-state index in [4.69, 9.17) is 0 Å².